The number of Topliss-reactive ketones (excluding diaryl/α,β-unsaturated/α-hetero) is 1. The van der Waals surface area contributed by atoms with Gasteiger partial charge in [-0.15, -0.1) is 0 Å². The molecule has 0 unspecified atom stereocenters. The largest absolute Gasteiger partial charge is 0.492 e. The monoisotopic (exact) mass is 468 g/mol. The molecule has 0 saturated carbocycles. The fourth-order valence-electron chi connectivity index (χ4n) is 3.00. The minimum absolute atomic E-state index is 0.0678. The first-order chi connectivity index (χ1) is 14.9. The lowest BCUT2D eigenvalue weighted by atomic mass is 9.86. The molecule has 1 heterocycles. The smallest absolute Gasteiger partial charge is 0.394 e. The zero-order chi connectivity index (χ0) is 24.1. The van der Waals surface area contributed by atoms with Crippen molar-refractivity contribution in [2.24, 2.45) is 7.05 Å². The highest BCUT2D eigenvalue weighted by atomic mass is 32.3. The average Bonchev–Trinajstić information content (AvgIpc) is 3.03. The van der Waals surface area contributed by atoms with E-state index < -0.39 is 15.3 Å². The molecule has 1 aromatic heterocycles. The number of likely N-dealkylation sites (N-methyl/N-ethyl adjacent to an activating group) is 1. The van der Waals surface area contributed by atoms with Crippen LogP contribution in [0.15, 0.2) is 30.0 Å². The number of ketones is 1. The van der Waals surface area contributed by atoms with Gasteiger partial charge in [0, 0.05) is 23.8 Å². The lowest BCUT2D eigenvalue weighted by Crippen LogP contribution is -2.20. The number of benzene rings is 1. The first-order valence-electron chi connectivity index (χ1n) is 9.38. The summed E-state index contributed by atoms with van der Waals surface area (Å²) in [4.78, 5) is 29.3. The highest BCUT2D eigenvalue weighted by Gasteiger charge is 2.24. The van der Waals surface area contributed by atoms with Crippen LogP contribution in [0, 0.1) is 10.1 Å². The van der Waals surface area contributed by atoms with E-state index in [1.165, 1.54) is 10.8 Å². The molecule has 32 heavy (non-hydrogen) atoms. The molecule has 174 valence electrons. The van der Waals surface area contributed by atoms with Crippen LogP contribution in [-0.2, 0) is 23.9 Å². The highest BCUT2D eigenvalue weighted by Crippen LogP contribution is 2.29. The molecule has 0 fully saturated rings. The Kier molecular flexibility index (Phi) is 8.21. The van der Waals surface area contributed by atoms with Gasteiger partial charge in [0.15, 0.2) is 5.78 Å². The summed E-state index contributed by atoms with van der Waals surface area (Å²) < 4.78 is 38.7. The van der Waals surface area contributed by atoms with Gasteiger partial charge in [-0.2, -0.15) is 8.42 Å². The van der Waals surface area contributed by atoms with Crippen LogP contribution in [0.3, 0.4) is 0 Å². The molecule has 3 rings (SSSR count). The van der Waals surface area contributed by atoms with Crippen molar-refractivity contribution in [2.75, 3.05) is 27.2 Å². The SMILES string of the molecule is CN(C)CCOc1ccc2c(c1)CCC(=Cc1ncc([N+](=O)[O-])n1C)C2=O.O=S(=O)(O)O. The Morgan fingerprint density at radius 2 is 1.97 bits per heavy atom. The molecule has 0 radical (unpaired) electrons. The van der Waals surface area contributed by atoms with Crippen LogP contribution in [0.1, 0.15) is 28.2 Å². The topological polar surface area (TPSA) is 165 Å². The number of aryl methyl sites for hydroxylation is 1. The maximum absolute atomic E-state index is 12.8. The molecular formula is C19H24N4O8S. The van der Waals surface area contributed by atoms with E-state index in [0.717, 1.165) is 17.9 Å². The summed E-state index contributed by atoms with van der Waals surface area (Å²) in [5.41, 5.74) is 2.22. The van der Waals surface area contributed by atoms with Gasteiger partial charge in [-0.3, -0.25) is 13.9 Å². The Morgan fingerprint density at radius 3 is 2.53 bits per heavy atom. The molecule has 0 saturated heterocycles. The Hall–Kier alpha value is -3.13. The summed E-state index contributed by atoms with van der Waals surface area (Å²) in [7, 11) is 0.869. The number of nitro groups is 1. The molecule has 2 aromatic rings. The normalized spacial score (nSPS) is 14.7. The number of nitrogens with zero attached hydrogens (tertiary/aromatic N) is 4. The van der Waals surface area contributed by atoms with Gasteiger partial charge in [-0.25, -0.2) is 9.55 Å². The minimum atomic E-state index is -4.67. The van der Waals surface area contributed by atoms with E-state index in [-0.39, 0.29) is 11.6 Å². The van der Waals surface area contributed by atoms with Crippen LogP contribution < -0.4 is 4.74 Å². The summed E-state index contributed by atoms with van der Waals surface area (Å²) in [6.45, 7) is 1.40. The van der Waals surface area contributed by atoms with Crippen LogP contribution >= 0.6 is 0 Å². The van der Waals surface area contributed by atoms with Crippen molar-refractivity contribution in [1.82, 2.24) is 14.5 Å². The summed E-state index contributed by atoms with van der Waals surface area (Å²) >= 11 is 0. The van der Waals surface area contributed by atoms with Gasteiger partial charge in [0.1, 0.15) is 18.6 Å². The predicted octanol–water partition coefficient (Wildman–Crippen LogP) is 1.83. The Labute approximate surface area is 184 Å². The number of fused-ring (bicyclic) bond motifs is 1. The van der Waals surface area contributed by atoms with E-state index in [4.69, 9.17) is 22.3 Å². The maximum Gasteiger partial charge on any atom is 0.394 e. The standard InChI is InChI=1S/C19H22N4O4.H2O4S/c1-21(2)8-9-27-15-6-7-16-13(10-15)4-5-14(19(16)24)11-17-20-12-18(22(17)3)23(25)26;1-5(2,3)4/h6-7,10-12H,4-5,8-9H2,1-3H3;(H2,1,2,3,4). The molecule has 0 atom stereocenters. The van der Waals surface area contributed by atoms with Gasteiger partial charge in [0.2, 0.25) is 5.82 Å². The molecule has 1 aromatic carbocycles. The molecule has 0 bridgehead atoms. The average molecular weight is 468 g/mol. The number of carbonyl (C=O) groups is 1. The van der Waals surface area contributed by atoms with E-state index in [9.17, 15) is 14.9 Å². The Bertz CT molecular complexity index is 1130. The van der Waals surface area contributed by atoms with E-state index in [1.807, 2.05) is 25.1 Å². The van der Waals surface area contributed by atoms with Crippen LogP contribution in [0.25, 0.3) is 6.08 Å². The number of hydrogen-bond acceptors (Lipinski definition) is 8. The third-order valence-corrected chi connectivity index (χ3v) is 4.57. The second-order valence-corrected chi connectivity index (χ2v) is 8.10. The lowest BCUT2D eigenvalue weighted by molar-refractivity contribution is -0.391. The number of hydrogen-bond donors (Lipinski definition) is 2. The lowest BCUT2D eigenvalue weighted by Gasteiger charge is -2.18. The first kappa shape index (κ1) is 25.1. The highest BCUT2D eigenvalue weighted by molar-refractivity contribution is 7.79. The molecule has 13 heteroatoms. The second-order valence-electron chi connectivity index (χ2n) is 7.21. The van der Waals surface area contributed by atoms with Crippen molar-refractivity contribution in [1.29, 1.82) is 0 Å². The van der Waals surface area contributed by atoms with Crippen LogP contribution in [0.5, 0.6) is 5.75 Å². The van der Waals surface area contributed by atoms with E-state index in [2.05, 4.69) is 4.98 Å². The molecule has 1 aliphatic carbocycles. The van der Waals surface area contributed by atoms with Crippen molar-refractivity contribution in [3.8, 4) is 5.75 Å². The summed E-state index contributed by atoms with van der Waals surface area (Å²) in [6, 6.07) is 5.52. The van der Waals surface area contributed by atoms with Crippen molar-refractivity contribution < 1.29 is 32.0 Å². The minimum Gasteiger partial charge on any atom is -0.492 e. The second kappa shape index (κ2) is 10.5. The molecule has 0 aliphatic heterocycles. The number of rotatable bonds is 6. The van der Waals surface area contributed by atoms with Gasteiger partial charge in [0.25, 0.3) is 0 Å². The van der Waals surface area contributed by atoms with Crippen molar-refractivity contribution in [3.63, 3.8) is 0 Å². The number of imidazole rings is 1. The molecule has 0 amide bonds. The predicted molar refractivity (Wildman–Crippen MR) is 115 cm³/mol. The fraction of sp³-hybridized carbons (Fsp3) is 0.368. The molecule has 0 spiro atoms. The van der Waals surface area contributed by atoms with E-state index >= 15 is 0 Å². The number of ether oxygens (including phenoxy) is 1. The van der Waals surface area contributed by atoms with Crippen molar-refractivity contribution >= 4 is 28.1 Å². The third-order valence-electron chi connectivity index (χ3n) is 4.57. The Morgan fingerprint density at radius 1 is 1.31 bits per heavy atom. The van der Waals surface area contributed by atoms with Gasteiger partial charge in [-0.05, 0) is 55.6 Å². The Balaban J connectivity index is 0.000000654. The quantitative estimate of drug-likeness (QED) is 0.276. The van der Waals surface area contributed by atoms with Crippen LogP contribution in [0.4, 0.5) is 5.82 Å². The maximum atomic E-state index is 12.8. The van der Waals surface area contributed by atoms with E-state index in [0.29, 0.717) is 36.4 Å². The van der Waals surface area contributed by atoms with E-state index in [1.54, 1.807) is 25.3 Å². The summed E-state index contributed by atoms with van der Waals surface area (Å²) in [6.07, 6.45) is 4.11. The van der Waals surface area contributed by atoms with Crippen molar-refractivity contribution in [3.05, 3.63) is 57.0 Å². The molecule has 12 nitrogen and oxygen atoms in total. The zero-order valence-electron chi connectivity index (χ0n) is 17.8. The first-order valence-corrected chi connectivity index (χ1v) is 10.8. The number of aromatic nitrogens is 2. The van der Waals surface area contributed by atoms with Crippen molar-refractivity contribution in [2.45, 2.75) is 12.8 Å². The summed E-state index contributed by atoms with van der Waals surface area (Å²) in [5.74, 6) is 0.986. The van der Waals surface area contributed by atoms with Crippen LogP contribution in [0.2, 0.25) is 0 Å². The zero-order valence-corrected chi connectivity index (χ0v) is 18.6. The van der Waals surface area contributed by atoms with Gasteiger partial charge in [-0.1, -0.05) is 0 Å². The third kappa shape index (κ3) is 7.23. The van der Waals surface area contributed by atoms with Gasteiger partial charge < -0.3 is 19.8 Å². The van der Waals surface area contributed by atoms with Crippen LogP contribution in [-0.4, -0.2) is 69.9 Å². The fourth-order valence-corrected chi connectivity index (χ4v) is 3.00. The summed E-state index contributed by atoms with van der Waals surface area (Å²) in [5, 5.41) is 10.9. The van der Waals surface area contributed by atoms with Gasteiger partial charge in [0.05, 0.1) is 7.05 Å². The number of allylic oxidation sites excluding steroid dienone is 1. The molecule has 2 N–H and O–H groups in total. The molecular weight excluding hydrogens is 444 g/mol. The number of carbonyl (C=O) groups excluding carboxylic acids is 1. The van der Waals surface area contributed by atoms with Gasteiger partial charge >= 0.3 is 16.2 Å². The molecule has 1 aliphatic rings.